The van der Waals surface area contributed by atoms with Gasteiger partial charge in [-0.15, -0.1) is 11.3 Å². The van der Waals surface area contributed by atoms with E-state index in [1.54, 1.807) is 16.0 Å². The molecule has 0 amide bonds. The Labute approximate surface area is 128 Å². The second-order valence-electron chi connectivity index (χ2n) is 6.12. The number of nitriles is 1. The Morgan fingerprint density at radius 1 is 1.48 bits per heavy atom. The first-order chi connectivity index (χ1) is 9.82. The molecule has 0 spiro atoms. The third-order valence-corrected chi connectivity index (χ3v) is 4.10. The topological polar surface area (TPSA) is 74.5 Å². The van der Waals surface area contributed by atoms with Crippen LogP contribution in [0.15, 0.2) is 10.2 Å². The van der Waals surface area contributed by atoms with Gasteiger partial charge < -0.3 is 0 Å². The lowest BCUT2D eigenvalue weighted by Gasteiger charge is -2.18. The van der Waals surface area contributed by atoms with Crippen LogP contribution in [-0.2, 0) is 18.4 Å². The number of nitrogens with zero attached hydrogens (tertiary/aromatic N) is 3. The molecule has 0 saturated carbocycles. The number of thiazole rings is 1. The highest BCUT2D eigenvalue weighted by atomic mass is 32.1. The van der Waals surface area contributed by atoms with E-state index in [-0.39, 0.29) is 11.0 Å². The molecule has 0 aliphatic rings. The maximum absolute atomic E-state index is 12.6. The van der Waals surface area contributed by atoms with E-state index in [9.17, 15) is 4.79 Å². The normalized spacial score (nSPS) is 11.6. The van der Waals surface area contributed by atoms with E-state index in [0.29, 0.717) is 19.4 Å². The molecule has 5 nitrogen and oxygen atoms in total. The van der Waals surface area contributed by atoms with E-state index >= 15 is 0 Å². The smallest absolute Gasteiger partial charge is 0.270 e. The van der Waals surface area contributed by atoms with E-state index in [0.717, 1.165) is 22.0 Å². The average molecular weight is 304 g/mol. The van der Waals surface area contributed by atoms with Crippen LogP contribution in [0.25, 0.3) is 0 Å². The van der Waals surface area contributed by atoms with Gasteiger partial charge in [0.2, 0.25) is 0 Å². The molecular weight excluding hydrogens is 284 g/mol. The van der Waals surface area contributed by atoms with Crippen molar-refractivity contribution in [1.82, 2.24) is 14.8 Å². The fourth-order valence-electron chi connectivity index (χ4n) is 2.31. The first-order valence-electron chi connectivity index (χ1n) is 6.93. The van der Waals surface area contributed by atoms with Gasteiger partial charge >= 0.3 is 0 Å². The number of nitrogens with one attached hydrogen (secondary N) is 1. The van der Waals surface area contributed by atoms with Crippen molar-refractivity contribution in [2.45, 2.75) is 52.5 Å². The zero-order valence-corrected chi connectivity index (χ0v) is 13.7. The van der Waals surface area contributed by atoms with Crippen LogP contribution in [0, 0.1) is 18.3 Å². The molecular formula is C15H20N4OS. The molecule has 6 heteroatoms. The standard InChI is InChI=1S/C15H20N4OS/c1-10-17-11(9-21-10)8-19-14(20)12(6-5-7-16)13(18-19)15(2,3)4/h9,18H,5-6,8H2,1-4H3. The van der Waals surface area contributed by atoms with Crippen LogP contribution in [0.2, 0.25) is 0 Å². The summed E-state index contributed by atoms with van der Waals surface area (Å²) in [5.41, 5.74) is 2.31. The molecule has 0 fully saturated rings. The quantitative estimate of drug-likeness (QED) is 0.943. The lowest BCUT2D eigenvalue weighted by atomic mass is 9.88. The second-order valence-corrected chi connectivity index (χ2v) is 7.18. The first-order valence-corrected chi connectivity index (χ1v) is 7.81. The van der Waals surface area contributed by atoms with Crippen LogP contribution >= 0.6 is 11.3 Å². The lowest BCUT2D eigenvalue weighted by molar-refractivity contribution is 0.538. The van der Waals surface area contributed by atoms with Crippen molar-refractivity contribution in [3.05, 3.63) is 37.7 Å². The Hall–Kier alpha value is -1.87. The number of aromatic amines is 1. The van der Waals surface area contributed by atoms with E-state index < -0.39 is 0 Å². The van der Waals surface area contributed by atoms with Gasteiger partial charge in [-0.3, -0.25) is 9.89 Å². The number of hydrogen-bond acceptors (Lipinski definition) is 4. The summed E-state index contributed by atoms with van der Waals surface area (Å²) >= 11 is 1.58. The summed E-state index contributed by atoms with van der Waals surface area (Å²) in [7, 11) is 0. The predicted octanol–water partition coefficient (Wildman–Crippen LogP) is 2.74. The van der Waals surface area contributed by atoms with Crippen LogP contribution in [0.4, 0.5) is 0 Å². The third-order valence-electron chi connectivity index (χ3n) is 3.28. The summed E-state index contributed by atoms with van der Waals surface area (Å²) in [6, 6.07) is 2.11. The summed E-state index contributed by atoms with van der Waals surface area (Å²) in [6.07, 6.45) is 0.841. The van der Waals surface area contributed by atoms with Gasteiger partial charge in [0.05, 0.1) is 23.3 Å². The largest absolute Gasteiger partial charge is 0.299 e. The lowest BCUT2D eigenvalue weighted by Crippen LogP contribution is -2.20. The first kappa shape index (κ1) is 15.5. The molecule has 2 aromatic heterocycles. The van der Waals surface area contributed by atoms with E-state index in [2.05, 4.69) is 36.9 Å². The number of hydrogen-bond donors (Lipinski definition) is 1. The maximum Gasteiger partial charge on any atom is 0.270 e. The van der Waals surface area contributed by atoms with E-state index in [1.807, 2.05) is 12.3 Å². The zero-order chi connectivity index (χ0) is 15.6. The molecule has 0 aromatic carbocycles. The van der Waals surface area contributed by atoms with Crippen molar-refractivity contribution < 1.29 is 0 Å². The van der Waals surface area contributed by atoms with Crippen LogP contribution in [0.1, 0.15) is 49.2 Å². The molecule has 2 rings (SSSR count). The van der Waals surface area contributed by atoms with Crippen molar-refractivity contribution in [2.75, 3.05) is 0 Å². The van der Waals surface area contributed by atoms with Gasteiger partial charge in [0.25, 0.3) is 5.56 Å². The molecule has 1 N–H and O–H groups in total. The van der Waals surface area contributed by atoms with Gasteiger partial charge in [-0.2, -0.15) is 5.26 Å². The van der Waals surface area contributed by atoms with Crippen LogP contribution in [-0.4, -0.2) is 14.8 Å². The highest BCUT2D eigenvalue weighted by molar-refractivity contribution is 7.09. The molecule has 2 aromatic rings. The minimum Gasteiger partial charge on any atom is -0.299 e. The Kier molecular flexibility index (Phi) is 4.33. The minimum atomic E-state index is -0.160. The summed E-state index contributed by atoms with van der Waals surface area (Å²) in [6.45, 7) is 8.58. The average Bonchev–Trinajstić information content (AvgIpc) is 2.93. The summed E-state index contributed by atoms with van der Waals surface area (Å²) in [5.74, 6) is 0. The van der Waals surface area contributed by atoms with Gasteiger partial charge in [-0.25, -0.2) is 9.67 Å². The van der Waals surface area contributed by atoms with Gasteiger partial charge in [-0.05, 0) is 13.3 Å². The van der Waals surface area contributed by atoms with Gasteiger partial charge in [0.1, 0.15) is 0 Å². The molecule has 0 bridgehead atoms. The monoisotopic (exact) mass is 304 g/mol. The van der Waals surface area contributed by atoms with Crippen molar-refractivity contribution >= 4 is 11.3 Å². The molecule has 0 unspecified atom stereocenters. The number of H-pyrrole nitrogens is 1. The second kappa shape index (κ2) is 5.86. The molecule has 0 saturated heterocycles. The van der Waals surface area contributed by atoms with Crippen molar-refractivity contribution in [1.29, 1.82) is 5.26 Å². The van der Waals surface area contributed by atoms with Crippen LogP contribution in [0.5, 0.6) is 0 Å². The van der Waals surface area contributed by atoms with Crippen LogP contribution < -0.4 is 5.56 Å². The van der Waals surface area contributed by atoms with Crippen LogP contribution in [0.3, 0.4) is 0 Å². The number of aryl methyl sites for hydroxylation is 1. The molecule has 0 aliphatic carbocycles. The minimum absolute atomic E-state index is 0.0409. The third kappa shape index (κ3) is 3.42. The molecule has 21 heavy (non-hydrogen) atoms. The molecule has 2 heterocycles. The highest BCUT2D eigenvalue weighted by Gasteiger charge is 2.24. The fraction of sp³-hybridized carbons (Fsp3) is 0.533. The van der Waals surface area contributed by atoms with E-state index in [1.165, 1.54) is 0 Å². The Morgan fingerprint density at radius 2 is 2.19 bits per heavy atom. The summed E-state index contributed by atoms with van der Waals surface area (Å²) in [4.78, 5) is 16.9. The van der Waals surface area contributed by atoms with Gasteiger partial charge in [-0.1, -0.05) is 20.8 Å². The fourth-order valence-corrected chi connectivity index (χ4v) is 2.91. The Bertz CT molecular complexity index is 724. The molecule has 0 atom stereocenters. The Balaban J connectivity index is 2.41. The Morgan fingerprint density at radius 3 is 2.71 bits per heavy atom. The molecule has 0 radical (unpaired) electrons. The van der Waals surface area contributed by atoms with Crippen molar-refractivity contribution in [2.24, 2.45) is 0 Å². The van der Waals surface area contributed by atoms with Crippen molar-refractivity contribution in [3.8, 4) is 6.07 Å². The van der Waals surface area contributed by atoms with E-state index in [4.69, 9.17) is 5.26 Å². The highest BCUT2D eigenvalue weighted by Crippen LogP contribution is 2.23. The number of rotatable bonds is 4. The van der Waals surface area contributed by atoms with Gasteiger partial charge in [0, 0.05) is 28.5 Å². The maximum atomic E-state index is 12.6. The summed E-state index contributed by atoms with van der Waals surface area (Å²) in [5, 5.41) is 15.0. The SMILES string of the molecule is Cc1nc(Cn2[nH]c(C(C)(C)C)c(CCC#N)c2=O)cs1. The van der Waals surface area contributed by atoms with Gasteiger partial charge in [0.15, 0.2) is 0 Å². The van der Waals surface area contributed by atoms with Crippen molar-refractivity contribution in [3.63, 3.8) is 0 Å². The number of aromatic nitrogens is 3. The zero-order valence-electron chi connectivity index (χ0n) is 12.9. The molecule has 0 aliphatic heterocycles. The predicted molar refractivity (Wildman–Crippen MR) is 83.6 cm³/mol. The summed E-state index contributed by atoms with van der Waals surface area (Å²) < 4.78 is 1.60. The molecule has 112 valence electrons.